The van der Waals surface area contributed by atoms with E-state index in [1.807, 2.05) is 0 Å². The molecular formula is C19H20O7. The van der Waals surface area contributed by atoms with E-state index in [1.165, 1.54) is 59.6 Å². The van der Waals surface area contributed by atoms with Crippen LogP contribution < -0.4 is 23.7 Å². The van der Waals surface area contributed by atoms with E-state index in [1.54, 1.807) is 6.07 Å². The van der Waals surface area contributed by atoms with Crippen molar-refractivity contribution in [2.75, 3.05) is 28.4 Å². The number of carbonyl (C=O) groups is 2. The van der Waals surface area contributed by atoms with Crippen molar-refractivity contribution in [3.8, 4) is 28.7 Å². The average molecular weight is 360 g/mol. The van der Waals surface area contributed by atoms with Gasteiger partial charge in [-0.1, -0.05) is 0 Å². The number of Topliss-reactive ketones (excluding diaryl/α,β-unsaturated/α-hetero) is 1. The highest BCUT2D eigenvalue weighted by atomic mass is 16.6. The van der Waals surface area contributed by atoms with E-state index in [0.717, 1.165) is 0 Å². The second-order valence-electron chi connectivity index (χ2n) is 5.23. The summed E-state index contributed by atoms with van der Waals surface area (Å²) < 4.78 is 26.3. The van der Waals surface area contributed by atoms with Gasteiger partial charge in [-0.3, -0.25) is 4.79 Å². The Morgan fingerprint density at radius 1 is 0.692 bits per heavy atom. The van der Waals surface area contributed by atoms with E-state index in [-0.39, 0.29) is 22.8 Å². The minimum atomic E-state index is -0.641. The van der Waals surface area contributed by atoms with Gasteiger partial charge in [-0.25, -0.2) is 4.79 Å². The van der Waals surface area contributed by atoms with E-state index in [4.69, 9.17) is 23.7 Å². The van der Waals surface area contributed by atoms with E-state index in [2.05, 4.69) is 0 Å². The normalized spacial score (nSPS) is 10.0. The average Bonchev–Trinajstić information content (AvgIpc) is 2.66. The molecule has 26 heavy (non-hydrogen) atoms. The second kappa shape index (κ2) is 8.24. The Bertz CT molecular complexity index is 802. The fourth-order valence-corrected chi connectivity index (χ4v) is 2.33. The fraction of sp³-hybridized carbons (Fsp3) is 0.263. The van der Waals surface area contributed by atoms with Gasteiger partial charge in [0.2, 0.25) is 5.75 Å². The highest BCUT2D eigenvalue weighted by Gasteiger charge is 2.20. The maximum Gasteiger partial charge on any atom is 0.343 e. The Kier molecular flexibility index (Phi) is 6.06. The van der Waals surface area contributed by atoms with Gasteiger partial charge >= 0.3 is 5.97 Å². The lowest BCUT2D eigenvalue weighted by atomic mass is 10.1. The van der Waals surface area contributed by atoms with Crippen molar-refractivity contribution in [1.82, 2.24) is 0 Å². The molecule has 0 saturated carbocycles. The Balaban J connectivity index is 2.37. The monoisotopic (exact) mass is 360 g/mol. The molecular weight excluding hydrogens is 340 g/mol. The number of ketones is 1. The van der Waals surface area contributed by atoms with Crippen molar-refractivity contribution < 1.29 is 33.3 Å². The number of hydrogen-bond donors (Lipinski definition) is 0. The Labute approximate surface area is 151 Å². The maximum absolute atomic E-state index is 12.5. The predicted octanol–water partition coefficient (Wildman–Crippen LogP) is 3.14. The van der Waals surface area contributed by atoms with Gasteiger partial charge < -0.3 is 23.7 Å². The lowest BCUT2D eigenvalue weighted by molar-refractivity contribution is 0.0728. The number of ether oxygens (including phenoxy) is 5. The van der Waals surface area contributed by atoms with Gasteiger partial charge in [-0.15, -0.1) is 0 Å². The van der Waals surface area contributed by atoms with Crippen LogP contribution in [0.15, 0.2) is 30.3 Å². The van der Waals surface area contributed by atoms with Gasteiger partial charge in [0.1, 0.15) is 0 Å². The van der Waals surface area contributed by atoms with Crippen LogP contribution in [-0.2, 0) is 0 Å². The van der Waals surface area contributed by atoms with Gasteiger partial charge in [0.05, 0.1) is 34.0 Å². The Morgan fingerprint density at radius 3 is 1.69 bits per heavy atom. The molecule has 2 aromatic carbocycles. The minimum Gasteiger partial charge on any atom is -0.493 e. The van der Waals surface area contributed by atoms with Crippen molar-refractivity contribution in [3.63, 3.8) is 0 Å². The predicted molar refractivity (Wildman–Crippen MR) is 94.1 cm³/mol. The van der Waals surface area contributed by atoms with Crippen LogP contribution in [0.4, 0.5) is 0 Å². The molecule has 138 valence electrons. The molecule has 2 rings (SSSR count). The largest absolute Gasteiger partial charge is 0.493 e. The standard InChI is InChI=1S/C19H20O7/c1-11(20)12-6-7-14(15(8-12)22-2)26-19(21)13-9-16(23-3)18(25-5)17(10-13)24-4/h6-10H,1-5H3. The van der Waals surface area contributed by atoms with Gasteiger partial charge in [0, 0.05) is 5.56 Å². The molecule has 0 aliphatic heterocycles. The summed E-state index contributed by atoms with van der Waals surface area (Å²) in [4.78, 5) is 24.0. The molecule has 0 unspecified atom stereocenters. The molecule has 0 atom stereocenters. The molecule has 0 heterocycles. The maximum atomic E-state index is 12.5. The first-order valence-electron chi connectivity index (χ1n) is 7.66. The second-order valence-corrected chi connectivity index (χ2v) is 5.23. The summed E-state index contributed by atoms with van der Waals surface area (Å²) in [6, 6.07) is 7.55. The lowest BCUT2D eigenvalue weighted by Crippen LogP contribution is -2.10. The molecule has 7 heteroatoms. The molecule has 0 saturated heterocycles. The lowest BCUT2D eigenvalue weighted by Gasteiger charge is -2.14. The van der Waals surface area contributed by atoms with Gasteiger partial charge in [0.15, 0.2) is 28.8 Å². The number of benzene rings is 2. The summed E-state index contributed by atoms with van der Waals surface area (Å²) in [5, 5.41) is 0. The van der Waals surface area contributed by atoms with E-state index >= 15 is 0 Å². The molecule has 0 amide bonds. The summed E-state index contributed by atoms with van der Waals surface area (Å²) in [6.07, 6.45) is 0. The van der Waals surface area contributed by atoms with Crippen molar-refractivity contribution >= 4 is 11.8 Å². The van der Waals surface area contributed by atoms with Crippen molar-refractivity contribution in [2.45, 2.75) is 6.92 Å². The first kappa shape index (κ1) is 19.1. The summed E-state index contributed by atoms with van der Waals surface area (Å²) in [5.41, 5.74) is 0.659. The third-order valence-corrected chi connectivity index (χ3v) is 3.67. The van der Waals surface area contributed by atoms with Gasteiger partial charge in [-0.2, -0.15) is 0 Å². The molecule has 0 aliphatic rings. The highest BCUT2D eigenvalue weighted by molar-refractivity contribution is 5.95. The van der Waals surface area contributed by atoms with Crippen LogP contribution in [0.3, 0.4) is 0 Å². The zero-order valence-corrected chi connectivity index (χ0v) is 15.2. The number of hydrogen-bond acceptors (Lipinski definition) is 7. The molecule has 0 radical (unpaired) electrons. The SMILES string of the molecule is COc1cc(C(C)=O)ccc1OC(=O)c1cc(OC)c(OC)c(OC)c1. The summed E-state index contributed by atoms with van der Waals surface area (Å²) in [6.45, 7) is 1.44. The third-order valence-electron chi connectivity index (χ3n) is 3.67. The van der Waals surface area contributed by atoms with Crippen LogP contribution in [-0.4, -0.2) is 40.2 Å². The van der Waals surface area contributed by atoms with Crippen molar-refractivity contribution in [1.29, 1.82) is 0 Å². The Hall–Kier alpha value is -3.22. The number of rotatable bonds is 7. The third kappa shape index (κ3) is 3.88. The zero-order chi connectivity index (χ0) is 19.3. The highest BCUT2D eigenvalue weighted by Crippen LogP contribution is 2.38. The molecule has 7 nitrogen and oxygen atoms in total. The Morgan fingerprint density at radius 2 is 1.23 bits per heavy atom. The van der Waals surface area contributed by atoms with Gasteiger partial charge in [-0.05, 0) is 37.3 Å². The molecule has 0 fully saturated rings. The van der Waals surface area contributed by atoms with E-state index in [9.17, 15) is 9.59 Å². The number of carbonyl (C=O) groups excluding carboxylic acids is 2. The topological polar surface area (TPSA) is 80.3 Å². The van der Waals surface area contributed by atoms with Crippen LogP contribution in [0.1, 0.15) is 27.6 Å². The van der Waals surface area contributed by atoms with E-state index < -0.39 is 5.97 Å². The van der Waals surface area contributed by atoms with Crippen LogP contribution in [0.2, 0.25) is 0 Å². The van der Waals surface area contributed by atoms with Crippen molar-refractivity contribution in [2.24, 2.45) is 0 Å². The fourth-order valence-electron chi connectivity index (χ4n) is 2.33. The van der Waals surface area contributed by atoms with Crippen LogP contribution >= 0.6 is 0 Å². The number of methoxy groups -OCH3 is 4. The minimum absolute atomic E-state index is 0.120. The quantitative estimate of drug-likeness (QED) is 0.426. The zero-order valence-electron chi connectivity index (χ0n) is 15.2. The molecule has 0 aliphatic carbocycles. The number of esters is 1. The molecule has 0 bridgehead atoms. The first-order chi connectivity index (χ1) is 12.4. The molecule has 0 spiro atoms. The summed E-state index contributed by atoms with van der Waals surface area (Å²) in [5.74, 6) is 0.740. The summed E-state index contributed by atoms with van der Waals surface area (Å²) in [7, 11) is 5.81. The molecule has 0 N–H and O–H groups in total. The smallest absolute Gasteiger partial charge is 0.343 e. The molecule has 2 aromatic rings. The first-order valence-corrected chi connectivity index (χ1v) is 7.66. The van der Waals surface area contributed by atoms with E-state index in [0.29, 0.717) is 22.8 Å². The van der Waals surface area contributed by atoms with Crippen LogP contribution in [0, 0.1) is 0 Å². The van der Waals surface area contributed by atoms with Crippen LogP contribution in [0.25, 0.3) is 0 Å². The van der Waals surface area contributed by atoms with Gasteiger partial charge in [0.25, 0.3) is 0 Å². The molecule has 0 aromatic heterocycles. The van der Waals surface area contributed by atoms with Crippen molar-refractivity contribution in [3.05, 3.63) is 41.5 Å². The summed E-state index contributed by atoms with van der Waals surface area (Å²) >= 11 is 0. The van der Waals surface area contributed by atoms with Crippen LogP contribution in [0.5, 0.6) is 28.7 Å².